The van der Waals surface area contributed by atoms with Gasteiger partial charge in [-0.05, 0) is 61.4 Å². The zero-order valence-corrected chi connectivity index (χ0v) is 15.0. The second kappa shape index (κ2) is 7.08. The summed E-state index contributed by atoms with van der Waals surface area (Å²) < 4.78 is 6.17. The van der Waals surface area contributed by atoms with Gasteiger partial charge in [-0.3, -0.25) is 9.69 Å². The highest BCUT2D eigenvalue weighted by molar-refractivity contribution is 5.95. The topological polar surface area (TPSA) is 62.7 Å². The molecule has 1 aliphatic carbocycles. The summed E-state index contributed by atoms with van der Waals surface area (Å²) in [5.41, 5.74) is 1.63. The van der Waals surface area contributed by atoms with Gasteiger partial charge in [0.1, 0.15) is 17.2 Å². The average Bonchev–Trinajstić information content (AvgIpc) is 3.13. The number of aromatic nitrogens is 1. The van der Waals surface area contributed by atoms with Gasteiger partial charge in [0.2, 0.25) is 0 Å². The van der Waals surface area contributed by atoms with Crippen molar-refractivity contribution in [2.75, 3.05) is 19.6 Å². The predicted molar refractivity (Wildman–Crippen MR) is 98.5 cm³/mol. The van der Waals surface area contributed by atoms with Crippen LogP contribution in [0.3, 0.4) is 0 Å². The summed E-state index contributed by atoms with van der Waals surface area (Å²) in [6.07, 6.45) is 3.71. The monoisotopic (exact) mass is 352 g/mol. The highest BCUT2D eigenvalue weighted by atomic mass is 16.5. The minimum atomic E-state index is 0.0116. The first kappa shape index (κ1) is 17.0. The number of hydrogen-bond donors (Lipinski definition) is 1. The lowest BCUT2D eigenvalue weighted by atomic mass is 10.0. The number of carbonyl (C=O) groups excluding carboxylic acids is 1. The van der Waals surface area contributed by atoms with E-state index < -0.39 is 0 Å². The number of aryl methyl sites for hydroxylation is 1. The van der Waals surface area contributed by atoms with E-state index >= 15 is 0 Å². The van der Waals surface area contributed by atoms with Crippen molar-refractivity contribution in [2.45, 2.75) is 25.9 Å². The Hall–Kier alpha value is -2.40. The molecule has 3 atom stereocenters. The van der Waals surface area contributed by atoms with Gasteiger partial charge in [-0.25, -0.2) is 4.98 Å². The van der Waals surface area contributed by atoms with Crippen molar-refractivity contribution >= 4 is 5.78 Å². The predicted octanol–water partition coefficient (Wildman–Crippen LogP) is 3.07. The number of fused-ring (bicyclic) bond motifs is 1. The number of nitrogens with zero attached hydrogens (tertiary/aromatic N) is 2. The van der Waals surface area contributed by atoms with Crippen LogP contribution in [0.1, 0.15) is 28.9 Å². The number of rotatable bonds is 5. The van der Waals surface area contributed by atoms with Gasteiger partial charge in [-0.15, -0.1) is 0 Å². The van der Waals surface area contributed by atoms with Gasteiger partial charge in [0, 0.05) is 13.1 Å². The summed E-state index contributed by atoms with van der Waals surface area (Å²) in [6, 6.07) is 11.3. The zero-order valence-electron chi connectivity index (χ0n) is 15.0. The van der Waals surface area contributed by atoms with E-state index in [-0.39, 0.29) is 17.6 Å². The molecule has 1 aliphatic heterocycles. The van der Waals surface area contributed by atoms with Crippen LogP contribution in [0.2, 0.25) is 0 Å². The van der Waals surface area contributed by atoms with Gasteiger partial charge < -0.3 is 9.84 Å². The molecular weight excluding hydrogens is 328 g/mol. The molecule has 26 heavy (non-hydrogen) atoms. The Balaban J connectivity index is 1.29. The Morgan fingerprint density at radius 3 is 2.65 bits per heavy atom. The molecular formula is C21H24N2O3. The molecule has 0 radical (unpaired) electrons. The van der Waals surface area contributed by atoms with Crippen molar-refractivity contribution < 1.29 is 14.6 Å². The lowest BCUT2D eigenvalue weighted by Gasteiger charge is -2.19. The Labute approximate surface area is 153 Å². The van der Waals surface area contributed by atoms with E-state index in [1.165, 1.54) is 17.8 Å². The maximum atomic E-state index is 12.4. The van der Waals surface area contributed by atoms with Crippen LogP contribution >= 0.6 is 0 Å². The third-order valence-electron chi connectivity index (χ3n) is 5.48. The minimum Gasteiger partial charge on any atom is -0.506 e. The van der Waals surface area contributed by atoms with Gasteiger partial charge in [0.25, 0.3) is 0 Å². The summed E-state index contributed by atoms with van der Waals surface area (Å²) in [6.45, 7) is 4.37. The largest absolute Gasteiger partial charge is 0.506 e. The number of ketones is 1. The lowest BCUT2D eigenvalue weighted by Crippen LogP contribution is -2.30. The molecule has 2 aliphatic rings. The first-order chi connectivity index (χ1) is 12.6. The van der Waals surface area contributed by atoms with Crippen molar-refractivity contribution in [3.63, 3.8) is 0 Å². The SMILES string of the molecule is Cc1cccc(OC2C[C@@H]3CN(CC(=O)c4ccc(O)cn4)C[C@@H]3C2)c1. The van der Waals surface area contributed by atoms with E-state index in [9.17, 15) is 9.90 Å². The standard InChI is InChI=1S/C21H24N2O3/c1-14-3-2-4-18(7-14)26-19-8-15-11-23(12-16(15)9-19)13-21(25)20-6-5-17(24)10-22-20/h2-7,10,15-16,19,24H,8-9,11-13H2,1H3/t15-,16+,19?. The van der Waals surface area contributed by atoms with E-state index in [4.69, 9.17) is 4.74 Å². The maximum Gasteiger partial charge on any atom is 0.195 e. The van der Waals surface area contributed by atoms with Crippen molar-refractivity contribution in [2.24, 2.45) is 11.8 Å². The number of carbonyl (C=O) groups is 1. The molecule has 2 heterocycles. The van der Waals surface area contributed by atoms with Crippen LogP contribution in [0.15, 0.2) is 42.6 Å². The van der Waals surface area contributed by atoms with E-state index in [0.717, 1.165) is 31.7 Å². The molecule has 4 rings (SSSR count). The van der Waals surface area contributed by atoms with Crippen molar-refractivity contribution in [1.29, 1.82) is 0 Å². The molecule has 2 fully saturated rings. The molecule has 0 spiro atoms. The van der Waals surface area contributed by atoms with Crippen molar-refractivity contribution in [1.82, 2.24) is 9.88 Å². The second-order valence-electron chi connectivity index (χ2n) is 7.57. The number of ether oxygens (including phenoxy) is 1. The molecule has 5 nitrogen and oxygen atoms in total. The van der Waals surface area contributed by atoms with Crippen LogP contribution in [0.5, 0.6) is 11.5 Å². The highest BCUT2D eigenvalue weighted by Crippen LogP contribution is 2.39. The highest BCUT2D eigenvalue weighted by Gasteiger charge is 2.42. The molecule has 1 saturated heterocycles. The first-order valence-electron chi connectivity index (χ1n) is 9.21. The van der Waals surface area contributed by atoms with E-state index in [1.54, 1.807) is 6.07 Å². The summed E-state index contributed by atoms with van der Waals surface area (Å²) in [4.78, 5) is 18.6. The molecule has 0 bridgehead atoms. The lowest BCUT2D eigenvalue weighted by molar-refractivity contribution is 0.0932. The number of likely N-dealkylation sites (tertiary alicyclic amines) is 1. The normalized spacial score (nSPS) is 25.2. The fourth-order valence-electron chi connectivity index (χ4n) is 4.28. The van der Waals surface area contributed by atoms with Crippen molar-refractivity contribution in [3.05, 3.63) is 53.9 Å². The molecule has 136 valence electrons. The fourth-order valence-corrected chi connectivity index (χ4v) is 4.28. The molecule has 1 aromatic heterocycles. The molecule has 2 aromatic rings. The summed E-state index contributed by atoms with van der Waals surface area (Å²) in [5.74, 6) is 2.26. The van der Waals surface area contributed by atoms with Crippen LogP contribution in [-0.2, 0) is 0 Å². The Kier molecular flexibility index (Phi) is 4.64. The smallest absolute Gasteiger partial charge is 0.195 e. The summed E-state index contributed by atoms with van der Waals surface area (Å²) in [7, 11) is 0. The quantitative estimate of drug-likeness (QED) is 0.838. The van der Waals surface area contributed by atoms with Crippen LogP contribution in [0, 0.1) is 18.8 Å². The number of Topliss-reactive ketones (excluding diaryl/α,β-unsaturated/α-hetero) is 1. The maximum absolute atomic E-state index is 12.4. The van der Waals surface area contributed by atoms with Crippen LogP contribution in [0.25, 0.3) is 0 Å². The first-order valence-corrected chi connectivity index (χ1v) is 9.21. The second-order valence-corrected chi connectivity index (χ2v) is 7.57. The number of pyridine rings is 1. The van der Waals surface area contributed by atoms with Gasteiger partial charge >= 0.3 is 0 Å². The average molecular weight is 352 g/mol. The van der Waals surface area contributed by atoms with Crippen LogP contribution in [-0.4, -0.2) is 46.5 Å². The molecule has 5 heteroatoms. The van der Waals surface area contributed by atoms with E-state index in [2.05, 4.69) is 28.9 Å². The van der Waals surface area contributed by atoms with Crippen LogP contribution in [0.4, 0.5) is 0 Å². The summed E-state index contributed by atoms with van der Waals surface area (Å²) >= 11 is 0. The summed E-state index contributed by atoms with van der Waals surface area (Å²) in [5, 5.41) is 9.28. The molecule has 1 aromatic carbocycles. The van der Waals surface area contributed by atoms with Gasteiger partial charge in [-0.2, -0.15) is 0 Å². The third-order valence-corrected chi connectivity index (χ3v) is 5.48. The Bertz CT molecular complexity index is 776. The molecule has 1 N–H and O–H groups in total. The van der Waals surface area contributed by atoms with Gasteiger partial charge in [0.15, 0.2) is 5.78 Å². The van der Waals surface area contributed by atoms with Gasteiger partial charge in [0.05, 0.1) is 18.8 Å². The number of aromatic hydroxyl groups is 1. The molecule has 1 saturated carbocycles. The Morgan fingerprint density at radius 2 is 2.00 bits per heavy atom. The molecule has 1 unspecified atom stereocenters. The third kappa shape index (κ3) is 3.73. The Morgan fingerprint density at radius 1 is 1.23 bits per heavy atom. The molecule has 0 amide bonds. The zero-order chi connectivity index (χ0) is 18.1. The van der Waals surface area contributed by atoms with Crippen molar-refractivity contribution in [3.8, 4) is 11.5 Å². The number of benzene rings is 1. The number of hydrogen-bond acceptors (Lipinski definition) is 5. The van der Waals surface area contributed by atoms with Crippen LogP contribution < -0.4 is 4.74 Å². The minimum absolute atomic E-state index is 0.0116. The van der Waals surface area contributed by atoms with Gasteiger partial charge in [-0.1, -0.05) is 12.1 Å². The van der Waals surface area contributed by atoms with E-state index in [0.29, 0.717) is 24.1 Å². The van der Waals surface area contributed by atoms with E-state index in [1.807, 2.05) is 12.1 Å². The fraction of sp³-hybridized carbons (Fsp3) is 0.429.